The molecule has 0 bridgehead atoms. The Labute approximate surface area is 111 Å². The molecule has 0 aliphatic rings. The molecular formula is C12H15N3O3S. The Morgan fingerprint density at radius 1 is 1.32 bits per heavy atom. The van der Waals surface area contributed by atoms with Crippen molar-refractivity contribution in [2.45, 2.75) is 18.4 Å². The van der Waals surface area contributed by atoms with Gasteiger partial charge in [-0.25, -0.2) is 13.1 Å². The quantitative estimate of drug-likeness (QED) is 0.862. The van der Waals surface area contributed by atoms with Crippen LogP contribution < -0.4 is 9.46 Å². The van der Waals surface area contributed by atoms with E-state index in [1.54, 1.807) is 18.3 Å². The minimum atomic E-state index is -3.53. The van der Waals surface area contributed by atoms with Gasteiger partial charge in [0.1, 0.15) is 5.75 Å². The van der Waals surface area contributed by atoms with E-state index in [2.05, 4.69) is 14.9 Å². The second-order valence-electron chi connectivity index (χ2n) is 4.02. The first-order valence-electron chi connectivity index (χ1n) is 5.65. The highest BCUT2D eigenvalue weighted by atomic mass is 32.2. The molecule has 0 unspecified atom stereocenters. The fourth-order valence-electron chi connectivity index (χ4n) is 1.56. The van der Waals surface area contributed by atoms with Gasteiger partial charge in [-0.2, -0.15) is 5.10 Å². The molecule has 0 fully saturated rings. The van der Waals surface area contributed by atoms with Crippen LogP contribution in [0.1, 0.15) is 11.3 Å². The van der Waals surface area contributed by atoms with Gasteiger partial charge in [0.05, 0.1) is 18.2 Å². The second-order valence-corrected chi connectivity index (χ2v) is 5.79. The Hall–Kier alpha value is -1.86. The van der Waals surface area contributed by atoms with Crippen molar-refractivity contribution < 1.29 is 13.2 Å². The number of hydrogen-bond donors (Lipinski definition) is 2. The SMILES string of the molecule is COc1ccc(S(=O)(=O)NCc2cn[nH]c2C)cc1. The Balaban J connectivity index is 2.11. The summed E-state index contributed by atoms with van der Waals surface area (Å²) in [5, 5.41) is 6.60. The van der Waals surface area contributed by atoms with Crippen LogP contribution in [0.25, 0.3) is 0 Å². The van der Waals surface area contributed by atoms with E-state index < -0.39 is 10.0 Å². The largest absolute Gasteiger partial charge is 0.497 e. The van der Waals surface area contributed by atoms with Crippen molar-refractivity contribution in [1.82, 2.24) is 14.9 Å². The topological polar surface area (TPSA) is 84.1 Å². The number of aromatic amines is 1. The van der Waals surface area contributed by atoms with Gasteiger partial charge < -0.3 is 4.74 Å². The van der Waals surface area contributed by atoms with Crippen molar-refractivity contribution in [2.24, 2.45) is 0 Å². The van der Waals surface area contributed by atoms with E-state index in [-0.39, 0.29) is 11.4 Å². The number of methoxy groups -OCH3 is 1. The summed E-state index contributed by atoms with van der Waals surface area (Å²) < 4.78 is 31.6. The number of sulfonamides is 1. The molecule has 1 aromatic carbocycles. The van der Waals surface area contributed by atoms with Gasteiger partial charge in [0, 0.05) is 17.8 Å². The third kappa shape index (κ3) is 3.12. The Morgan fingerprint density at radius 3 is 2.53 bits per heavy atom. The van der Waals surface area contributed by atoms with Gasteiger partial charge in [-0.1, -0.05) is 0 Å². The molecule has 0 spiro atoms. The molecule has 2 N–H and O–H groups in total. The lowest BCUT2D eigenvalue weighted by Crippen LogP contribution is -2.23. The van der Waals surface area contributed by atoms with E-state index in [0.717, 1.165) is 11.3 Å². The maximum Gasteiger partial charge on any atom is 0.240 e. The van der Waals surface area contributed by atoms with Crippen LogP contribution in [0, 0.1) is 6.92 Å². The van der Waals surface area contributed by atoms with Crippen molar-refractivity contribution >= 4 is 10.0 Å². The summed E-state index contributed by atoms with van der Waals surface area (Å²) in [7, 11) is -1.99. The monoisotopic (exact) mass is 281 g/mol. The normalized spacial score (nSPS) is 11.5. The first kappa shape index (κ1) is 13.6. The Morgan fingerprint density at radius 2 is 2.00 bits per heavy atom. The summed E-state index contributed by atoms with van der Waals surface area (Å²) in [5.41, 5.74) is 1.66. The average molecular weight is 281 g/mol. The van der Waals surface area contributed by atoms with E-state index in [9.17, 15) is 8.42 Å². The van der Waals surface area contributed by atoms with Gasteiger partial charge in [-0.05, 0) is 31.2 Å². The van der Waals surface area contributed by atoms with Gasteiger partial charge in [0.15, 0.2) is 0 Å². The van der Waals surface area contributed by atoms with Crippen molar-refractivity contribution in [3.63, 3.8) is 0 Å². The van der Waals surface area contributed by atoms with Crippen LogP contribution in [-0.4, -0.2) is 25.7 Å². The molecule has 2 rings (SSSR count). The number of ether oxygens (including phenoxy) is 1. The Bertz CT molecular complexity index is 647. The summed E-state index contributed by atoms with van der Waals surface area (Å²) in [6, 6.07) is 6.22. The van der Waals surface area contributed by atoms with E-state index >= 15 is 0 Å². The van der Waals surface area contributed by atoms with Crippen LogP contribution in [0.15, 0.2) is 35.4 Å². The highest BCUT2D eigenvalue weighted by molar-refractivity contribution is 7.89. The minimum Gasteiger partial charge on any atom is -0.497 e. The van der Waals surface area contributed by atoms with Gasteiger partial charge in [0.25, 0.3) is 0 Å². The Kier molecular flexibility index (Phi) is 3.87. The molecule has 7 heteroatoms. The summed E-state index contributed by atoms with van der Waals surface area (Å²) in [5.74, 6) is 0.615. The molecule has 0 saturated carbocycles. The van der Waals surface area contributed by atoms with Crippen molar-refractivity contribution in [2.75, 3.05) is 7.11 Å². The molecule has 0 radical (unpaired) electrons. The number of benzene rings is 1. The standard InChI is InChI=1S/C12H15N3O3S/c1-9-10(7-13-15-9)8-14-19(16,17)12-5-3-11(18-2)4-6-12/h3-7,14H,8H2,1-2H3,(H,13,15). The molecular weight excluding hydrogens is 266 g/mol. The lowest BCUT2D eigenvalue weighted by Gasteiger charge is -2.07. The molecule has 19 heavy (non-hydrogen) atoms. The second kappa shape index (κ2) is 5.41. The number of aromatic nitrogens is 2. The van der Waals surface area contributed by atoms with Crippen molar-refractivity contribution in [3.05, 3.63) is 41.7 Å². The molecule has 0 atom stereocenters. The molecule has 0 aliphatic carbocycles. The molecule has 102 valence electrons. The summed E-state index contributed by atoms with van der Waals surface area (Å²) >= 11 is 0. The van der Waals surface area contributed by atoms with Gasteiger partial charge in [-0.15, -0.1) is 0 Å². The van der Waals surface area contributed by atoms with E-state index in [0.29, 0.717) is 5.75 Å². The molecule has 1 aromatic heterocycles. The van der Waals surface area contributed by atoms with Crippen LogP contribution in [0.5, 0.6) is 5.75 Å². The average Bonchev–Trinajstić information content (AvgIpc) is 2.82. The fourth-order valence-corrected chi connectivity index (χ4v) is 2.57. The van der Waals surface area contributed by atoms with Crippen LogP contribution in [0.4, 0.5) is 0 Å². The predicted octanol–water partition coefficient (Wildman–Crippen LogP) is 1.21. The molecule has 1 heterocycles. The zero-order valence-electron chi connectivity index (χ0n) is 10.7. The van der Waals surface area contributed by atoms with Crippen LogP contribution in [-0.2, 0) is 16.6 Å². The number of H-pyrrole nitrogens is 1. The predicted molar refractivity (Wildman–Crippen MR) is 70.3 cm³/mol. The summed E-state index contributed by atoms with van der Waals surface area (Å²) in [6.07, 6.45) is 1.60. The summed E-state index contributed by atoms with van der Waals surface area (Å²) in [4.78, 5) is 0.203. The maximum atomic E-state index is 12.1. The van der Waals surface area contributed by atoms with E-state index in [1.165, 1.54) is 19.2 Å². The van der Waals surface area contributed by atoms with Gasteiger partial charge >= 0.3 is 0 Å². The number of rotatable bonds is 5. The number of nitrogens with one attached hydrogen (secondary N) is 2. The molecule has 0 saturated heterocycles. The van der Waals surface area contributed by atoms with Crippen molar-refractivity contribution in [3.8, 4) is 5.75 Å². The lowest BCUT2D eigenvalue weighted by molar-refractivity contribution is 0.414. The lowest BCUT2D eigenvalue weighted by atomic mass is 10.3. The van der Waals surface area contributed by atoms with Gasteiger partial charge in [0.2, 0.25) is 10.0 Å². The molecule has 2 aromatic rings. The van der Waals surface area contributed by atoms with E-state index in [1.807, 2.05) is 6.92 Å². The van der Waals surface area contributed by atoms with Gasteiger partial charge in [-0.3, -0.25) is 5.10 Å². The highest BCUT2D eigenvalue weighted by Crippen LogP contribution is 2.15. The smallest absolute Gasteiger partial charge is 0.240 e. The zero-order valence-corrected chi connectivity index (χ0v) is 11.5. The maximum absolute atomic E-state index is 12.1. The molecule has 0 amide bonds. The van der Waals surface area contributed by atoms with Crippen LogP contribution >= 0.6 is 0 Å². The summed E-state index contributed by atoms with van der Waals surface area (Å²) in [6.45, 7) is 2.04. The molecule has 6 nitrogen and oxygen atoms in total. The first-order valence-corrected chi connectivity index (χ1v) is 7.14. The molecule has 0 aliphatic heterocycles. The third-order valence-corrected chi connectivity index (χ3v) is 4.17. The number of aryl methyl sites for hydroxylation is 1. The van der Waals surface area contributed by atoms with Crippen LogP contribution in [0.2, 0.25) is 0 Å². The fraction of sp³-hybridized carbons (Fsp3) is 0.250. The van der Waals surface area contributed by atoms with E-state index in [4.69, 9.17) is 4.74 Å². The third-order valence-electron chi connectivity index (χ3n) is 2.76. The first-order chi connectivity index (χ1) is 9.03. The zero-order chi connectivity index (χ0) is 13.9. The van der Waals surface area contributed by atoms with Crippen molar-refractivity contribution in [1.29, 1.82) is 0 Å². The number of hydrogen-bond acceptors (Lipinski definition) is 4. The number of nitrogens with zero attached hydrogens (tertiary/aromatic N) is 1. The van der Waals surface area contributed by atoms with Crippen LogP contribution in [0.3, 0.4) is 0 Å². The minimum absolute atomic E-state index is 0.203. The highest BCUT2D eigenvalue weighted by Gasteiger charge is 2.14.